The third kappa shape index (κ3) is 4.03. The molecule has 2 aromatic carbocycles. The van der Waals surface area contributed by atoms with E-state index in [2.05, 4.69) is 10.3 Å². The summed E-state index contributed by atoms with van der Waals surface area (Å²) in [6, 6.07) is 14.7. The van der Waals surface area contributed by atoms with Crippen LogP contribution in [0.25, 0.3) is 10.9 Å². The van der Waals surface area contributed by atoms with Gasteiger partial charge in [0.15, 0.2) is 0 Å². The molecule has 6 nitrogen and oxygen atoms in total. The number of carbonyl (C=O) groups excluding carboxylic acids is 2. The van der Waals surface area contributed by atoms with E-state index in [4.69, 9.17) is 10.5 Å². The maximum Gasteiger partial charge on any atom is 0.354 e. The average Bonchev–Trinajstić information content (AvgIpc) is 3.05. The molecule has 0 bridgehead atoms. The second kappa shape index (κ2) is 7.74. The predicted molar refractivity (Wildman–Crippen MR) is 102 cm³/mol. The van der Waals surface area contributed by atoms with Crippen LogP contribution in [-0.2, 0) is 16.0 Å². The van der Waals surface area contributed by atoms with Crippen molar-refractivity contribution >= 4 is 34.2 Å². The van der Waals surface area contributed by atoms with Crippen LogP contribution in [0.15, 0.2) is 48.5 Å². The highest BCUT2D eigenvalue weighted by Gasteiger charge is 2.11. The summed E-state index contributed by atoms with van der Waals surface area (Å²) in [6.45, 7) is 2.08. The SMILES string of the molecule is CCOC(=O)c1cc2cc(NC(=O)CCc3ccccc3N)ccc2[nH]1. The lowest BCUT2D eigenvalue weighted by molar-refractivity contribution is -0.116. The number of nitrogen functional groups attached to an aromatic ring is 1. The fourth-order valence-electron chi connectivity index (χ4n) is 2.76. The Bertz CT molecular complexity index is 946. The molecule has 0 saturated carbocycles. The highest BCUT2D eigenvalue weighted by atomic mass is 16.5. The number of hydrogen-bond donors (Lipinski definition) is 3. The van der Waals surface area contributed by atoms with Gasteiger partial charge in [0.2, 0.25) is 5.91 Å². The molecule has 6 heteroatoms. The summed E-state index contributed by atoms with van der Waals surface area (Å²) in [5, 5.41) is 3.71. The van der Waals surface area contributed by atoms with Crippen molar-refractivity contribution in [3.8, 4) is 0 Å². The number of nitrogens with one attached hydrogen (secondary N) is 2. The van der Waals surface area contributed by atoms with Crippen molar-refractivity contribution in [3.05, 3.63) is 59.8 Å². The van der Waals surface area contributed by atoms with Crippen LogP contribution < -0.4 is 11.1 Å². The van der Waals surface area contributed by atoms with Gasteiger partial charge in [0.1, 0.15) is 5.69 Å². The van der Waals surface area contributed by atoms with Gasteiger partial charge >= 0.3 is 5.97 Å². The zero-order valence-electron chi connectivity index (χ0n) is 14.5. The van der Waals surface area contributed by atoms with Crippen LogP contribution in [-0.4, -0.2) is 23.5 Å². The Kier molecular flexibility index (Phi) is 5.22. The fourth-order valence-corrected chi connectivity index (χ4v) is 2.76. The predicted octanol–water partition coefficient (Wildman–Crippen LogP) is 3.50. The van der Waals surface area contributed by atoms with Crippen molar-refractivity contribution in [2.75, 3.05) is 17.7 Å². The highest BCUT2D eigenvalue weighted by molar-refractivity contribution is 5.98. The number of hydrogen-bond acceptors (Lipinski definition) is 4. The number of amides is 1. The lowest BCUT2D eigenvalue weighted by Crippen LogP contribution is -2.12. The van der Waals surface area contributed by atoms with E-state index in [-0.39, 0.29) is 5.91 Å². The zero-order valence-corrected chi connectivity index (χ0v) is 14.5. The molecular formula is C20H21N3O3. The van der Waals surface area contributed by atoms with Gasteiger partial charge in [-0.15, -0.1) is 0 Å². The minimum absolute atomic E-state index is 0.0891. The average molecular weight is 351 g/mol. The van der Waals surface area contributed by atoms with Crippen molar-refractivity contribution in [3.63, 3.8) is 0 Å². The van der Waals surface area contributed by atoms with Crippen LogP contribution in [0.4, 0.5) is 11.4 Å². The van der Waals surface area contributed by atoms with E-state index in [1.165, 1.54) is 0 Å². The fraction of sp³-hybridized carbons (Fsp3) is 0.200. The van der Waals surface area contributed by atoms with Gasteiger partial charge in [-0.2, -0.15) is 0 Å². The van der Waals surface area contributed by atoms with E-state index in [0.29, 0.717) is 36.5 Å². The molecule has 0 atom stereocenters. The van der Waals surface area contributed by atoms with E-state index < -0.39 is 5.97 Å². The first-order chi connectivity index (χ1) is 12.6. The van der Waals surface area contributed by atoms with Gasteiger partial charge < -0.3 is 20.8 Å². The molecule has 0 spiro atoms. The van der Waals surface area contributed by atoms with Crippen molar-refractivity contribution in [1.29, 1.82) is 0 Å². The van der Waals surface area contributed by atoms with Crippen molar-refractivity contribution in [2.45, 2.75) is 19.8 Å². The molecule has 134 valence electrons. The molecule has 4 N–H and O–H groups in total. The monoisotopic (exact) mass is 351 g/mol. The van der Waals surface area contributed by atoms with Crippen LogP contribution in [0, 0.1) is 0 Å². The molecule has 0 saturated heterocycles. The number of esters is 1. The standard InChI is InChI=1S/C20H21N3O3/c1-2-26-20(25)18-12-14-11-15(8-9-17(14)23-18)22-19(24)10-7-13-5-3-4-6-16(13)21/h3-6,8-9,11-12,23H,2,7,10,21H2,1H3,(H,22,24). The first-order valence-electron chi connectivity index (χ1n) is 8.50. The summed E-state index contributed by atoms with van der Waals surface area (Å²) in [5.41, 5.74) is 9.43. The number of nitrogens with two attached hydrogens (primary N) is 1. The van der Waals surface area contributed by atoms with Gasteiger partial charge in [0.25, 0.3) is 0 Å². The smallest absolute Gasteiger partial charge is 0.354 e. The van der Waals surface area contributed by atoms with Crippen LogP contribution in [0.5, 0.6) is 0 Å². The van der Waals surface area contributed by atoms with Crippen LogP contribution in [0.3, 0.4) is 0 Å². The quantitative estimate of drug-likeness (QED) is 0.468. The topological polar surface area (TPSA) is 97.2 Å². The summed E-state index contributed by atoms with van der Waals surface area (Å²) in [4.78, 5) is 27.0. The number of rotatable bonds is 6. The number of carbonyl (C=O) groups is 2. The van der Waals surface area contributed by atoms with Gasteiger partial charge in [-0.1, -0.05) is 18.2 Å². The molecule has 0 aliphatic rings. The number of aromatic nitrogens is 1. The lowest BCUT2D eigenvalue weighted by atomic mass is 10.1. The van der Waals surface area contributed by atoms with E-state index in [1.54, 1.807) is 19.1 Å². The van der Waals surface area contributed by atoms with E-state index >= 15 is 0 Å². The molecular weight excluding hydrogens is 330 g/mol. The Morgan fingerprint density at radius 1 is 1.15 bits per heavy atom. The first kappa shape index (κ1) is 17.5. The minimum Gasteiger partial charge on any atom is -0.461 e. The van der Waals surface area contributed by atoms with Gasteiger partial charge in [-0.25, -0.2) is 4.79 Å². The summed E-state index contributed by atoms with van der Waals surface area (Å²) >= 11 is 0. The lowest BCUT2D eigenvalue weighted by Gasteiger charge is -2.07. The Morgan fingerprint density at radius 2 is 1.96 bits per heavy atom. The van der Waals surface area contributed by atoms with Crippen LogP contribution in [0.1, 0.15) is 29.4 Å². The maximum atomic E-state index is 12.2. The summed E-state index contributed by atoms with van der Waals surface area (Å²) < 4.78 is 4.99. The minimum atomic E-state index is -0.394. The van der Waals surface area contributed by atoms with Crippen LogP contribution in [0.2, 0.25) is 0 Å². The molecule has 0 aliphatic carbocycles. The van der Waals surface area contributed by atoms with E-state index in [9.17, 15) is 9.59 Å². The number of anilines is 2. The number of aryl methyl sites for hydroxylation is 1. The molecule has 1 amide bonds. The first-order valence-corrected chi connectivity index (χ1v) is 8.50. The summed E-state index contributed by atoms with van der Waals surface area (Å²) in [7, 11) is 0. The molecule has 1 aromatic heterocycles. The number of aromatic amines is 1. The molecule has 1 heterocycles. The molecule has 0 aliphatic heterocycles. The molecule has 0 fully saturated rings. The maximum absolute atomic E-state index is 12.2. The van der Waals surface area contributed by atoms with Gasteiger partial charge in [-0.3, -0.25) is 4.79 Å². The highest BCUT2D eigenvalue weighted by Crippen LogP contribution is 2.21. The Balaban J connectivity index is 1.65. The van der Waals surface area contributed by atoms with Gasteiger partial charge in [-0.05, 0) is 49.2 Å². The second-order valence-corrected chi connectivity index (χ2v) is 5.95. The molecule has 0 radical (unpaired) electrons. The number of fused-ring (bicyclic) bond motifs is 1. The van der Waals surface area contributed by atoms with Gasteiger partial charge in [0.05, 0.1) is 6.61 Å². The Morgan fingerprint density at radius 3 is 2.73 bits per heavy atom. The Labute approximate surface area is 151 Å². The normalized spacial score (nSPS) is 10.7. The molecule has 3 aromatic rings. The van der Waals surface area contributed by atoms with E-state index in [0.717, 1.165) is 16.5 Å². The zero-order chi connectivity index (χ0) is 18.5. The molecule has 3 rings (SSSR count). The number of H-pyrrole nitrogens is 1. The molecule has 26 heavy (non-hydrogen) atoms. The van der Waals surface area contributed by atoms with Crippen molar-refractivity contribution in [1.82, 2.24) is 4.98 Å². The number of benzene rings is 2. The Hall–Kier alpha value is -3.28. The van der Waals surface area contributed by atoms with E-state index in [1.807, 2.05) is 36.4 Å². The number of ether oxygens (including phenoxy) is 1. The third-order valence-corrected chi connectivity index (χ3v) is 4.08. The third-order valence-electron chi connectivity index (χ3n) is 4.08. The molecule has 0 unspecified atom stereocenters. The van der Waals surface area contributed by atoms with Crippen molar-refractivity contribution < 1.29 is 14.3 Å². The second-order valence-electron chi connectivity index (χ2n) is 5.95. The van der Waals surface area contributed by atoms with Gasteiger partial charge in [0, 0.05) is 28.7 Å². The largest absolute Gasteiger partial charge is 0.461 e. The van der Waals surface area contributed by atoms with Crippen molar-refractivity contribution in [2.24, 2.45) is 0 Å². The summed E-state index contributed by atoms with van der Waals surface area (Å²) in [6.07, 6.45) is 0.922. The van der Waals surface area contributed by atoms with Crippen LogP contribution >= 0.6 is 0 Å². The number of para-hydroxylation sites is 1. The summed E-state index contributed by atoms with van der Waals surface area (Å²) in [5.74, 6) is -0.483.